The van der Waals surface area contributed by atoms with Gasteiger partial charge in [-0.05, 0) is 39.0 Å². The molecule has 114 valence electrons. The van der Waals surface area contributed by atoms with Gasteiger partial charge in [0.15, 0.2) is 0 Å². The maximum atomic E-state index is 11.8. The van der Waals surface area contributed by atoms with Crippen LogP contribution in [0.2, 0.25) is 5.15 Å². The Morgan fingerprint density at radius 1 is 1.52 bits per heavy atom. The first kappa shape index (κ1) is 16.0. The molecule has 0 aliphatic rings. The molecule has 0 radical (unpaired) electrons. The molecule has 1 unspecified atom stereocenters. The van der Waals surface area contributed by atoms with Crippen LogP contribution in [0.4, 0.5) is 4.79 Å². The van der Waals surface area contributed by atoms with Crippen molar-refractivity contribution in [2.24, 2.45) is 5.73 Å². The molecule has 3 N–H and O–H groups in total. The summed E-state index contributed by atoms with van der Waals surface area (Å²) in [4.78, 5) is 17.0. The zero-order valence-corrected chi connectivity index (χ0v) is 13.7. The number of aromatic nitrogens is 1. The van der Waals surface area contributed by atoms with Crippen molar-refractivity contribution in [3.63, 3.8) is 0 Å². The second kappa shape index (κ2) is 6.17. The van der Waals surface area contributed by atoms with Gasteiger partial charge < -0.3 is 15.8 Å². The monoisotopic (exact) mass is 327 g/mol. The number of nitrogens with zero attached hydrogens (tertiary/aromatic N) is 1. The van der Waals surface area contributed by atoms with Gasteiger partial charge in [-0.2, -0.15) is 0 Å². The fourth-order valence-corrected chi connectivity index (χ4v) is 3.01. The van der Waals surface area contributed by atoms with E-state index in [2.05, 4.69) is 10.3 Å². The van der Waals surface area contributed by atoms with Gasteiger partial charge in [-0.25, -0.2) is 9.78 Å². The van der Waals surface area contributed by atoms with Crippen molar-refractivity contribution < 1.29 is 9.53 Å². The van der Waals surface area contributed by atoms with Crippen LogP contribution in [0, 0.1) is 0 Å². The Kier molecular flexibility index (Phi) is 4.70. The molecular weight excluding hydrogens is 310 g/mol. The first-order valence-corrected chi connectivity index (χ1v) is 7.73. The Balaban J connectivity index is 2.17. The quantitative estimate of drug-likeness (QED) is 0.846. The third-order valence-corrected chi connectivity index (χ3v) is 4.04. The number of alkyl carbamates (subject to hydrolysis) is 1. The molecule has 0 saturated heterocycles. The normalized spacial score (nSPS) is 13.2. The number of nitrogens with two attached hydrogens (primary N) is 1. The molecule has 0 aliphatic heterocycles. The van der Waals surface area contributed by atoms with Crippen molar-refractivity contribution in [2.45, 2.75) is 32.4 Å². The Hall–Kier alpha value is -1.37. The molecule has 1 amide bonds. The summed E-state index contributed by atoms with van der Waals surface area (Å²) in [7, 11) is 0. The zero-order chi connectivity index (χ0) is 15.6. The van der Waals surface area contributed by atoms with E-state index in [1.807, 2.05) is 32.9 Å². The molecule has 2 heterocycles. The van der Waals surface area contributed by atoms with Crippen molar-refractivity contribution in [3.05, 3.63) is 28.2 Å². The first-order chi connectivity index (χ1) is 9.78. The lowest BCUT2D eigenvalue weighted by Gasteiger charge is -2.22. The van der Waals surface area contributed by atoms with E-state index < -0.39 is 11.7 Å². The summed E-state index contributed by atoms with van der Waals surface area (Å²) in [5, 5.41) is 3.22. The number of carbonyl (C=O) groups excluding carboxylic acids is 1. The smallest absolute Gasteiger partial charge is 0.408 e. The molecule has 0 spiro atoms. The number of rotatable bonds is 3. The molecule has 0 fully saturated rings. The number of hydrogen-bond donors (Lipinski definition) is 2. The number of nitrogens with one attached hydrogen (secondary N) is 1. The average molecular weight is 328 g/mol. The second-order valence-corrected chi connectivity index (χ2v) is 7.10. The predicted molar refractivity (Wildman–Crippen MR) is 85.8 cm³/mol. The minimum absolute atomic E-state index is 0.278. The molecule has 2 rings (SSSR count). The lowest BCUT2D eigenvalue weighted by molar-refractivity contribution is 0.0506. The van der Waals surface area contributed by atoms with E-state index in [0.717, 1.165) is 15.1 Å². The summed E-state index contributed by atoms with van der Waals surface area (Å²) in [6, 6.07) is 5.22. The lowest BCUT2D eigenvalue weighted by Crippen LogP contribution is -2.37. The highest BCUT2D eigenvalue weighted by molar-refractivity contribution is 7.19. The minimum Gasteiger partial charge on any atom is -0.444 e. The molecule has 0 bridgehead atoms. The van der Waals surface area contributed by atoms with E-state index in [1.165, 1.54) is 11.3 Å². The number of thiophene rings is 1. The third-order valence-electron chi connectivity index (χ3n) is 2.63. The van der Waals surface area contributed by atoms with Gasteiger partial charge in [0.2, 0.25) is 0 Å². The van der Waals surface area contributed by atoms with Crippen molar-refractivity contribution in [2.75, 3.05) is 6.54 Å². The Bertz CT molecular complexity index is 651. The van der Waals surface area contributed by atoms with Crippen LogP contribution in [0.25, 0.3) is 10.2 Å². The summed E-state index contributed by atoms with van der Waals surface area (Å²) in [5.41, 5.74) is 6.01. The molecule has 1 atom stereocenters. The summed E-state index contributed by atoms with van der Waals surface area (Å²) in [6.45, 7) is 5.72. The maximum absolute atomic E-state index is 11.8. The minimum atomic E-state index is -0.543. The van der Waals surface area contributed by atoms with Crippen LogP contribution in [0.5, 0.6) is 0 Å². The number of ether oxygens (including phenoxy) is 1. The molecular formula is C14H18ClN3O2S. The molecule has 2 aromatic rings. The molecule has 0 saturated carbocycles. The number of carbonyl (C=O) groups is 1. The number of halogens is 1. The number of pyridine rings is 1. The van der Waals surface area contributed by atoms with E-state index in [1.54, 1.807) is 6.07 Å². The van der Waals surface area contributed by atoms with Crippen molar-refractivity contribution in [1.29, 1.82) is 0 Å². The van der Waals surface area contributed by atoms with E-state index in [4.69, 9.17) is 22.1 Å². The van der Waals surface area contributed by atoms with Crippen LogP contribution in [-0.2, 0) is 4.74 Å². The van der Waals surface area contributed by atoms with E-state index in [0.29, 0.717) is 5.15 Å². The Labute approximate surface area is 132 Å². The number of amides is 1. The highest BCUT2D eigenvalue weighted by Crippen LogP contribution is 2.29. The van der Waals surface area contributed by atoms with Gasteiger partial charge in [-0.1, -0.05) is 11.6 Å². The SMILES string of the molecule is CC(C)(C)OC(=O)NC(CN)c1cc2nc(Cl)ccc2s1. The van der Waals surface area contributed by atoms with Crippen LogP contribution in [0.1, 0.15) is 31.7 Å². The zero-order valence-electron chi connectivity index (χ0n) is 12.1. The standard InChI is InChI=1S/C14H18ClN3O2S/c1-14(2,3)20-13(19)18-9(7-16)11-6-8-10(21-11)4-5-12(15)17-8/h4-6,9H,7,16H2,1-3H3,(H,18,19). The third kappa shape index (κ3) is 4.30. The number of fused-ring (bicyclic) bond motifs is 1. The largest absolute Gasteiger partial charge is 0.444 e. The highest BCUT2D eigenvalue weighted by atomic mass is 35.5. The van der Waals surface area contributed by atoms with Crippen molar-refractivity contribution >= 4 is 39.2 Å². The molecule has 0 aliphatic carbocycles. The molecule has 0 aromatic carbocycles. The van der Waals surface area contributed by atoms with Gasteiger partial charge in [0.25, 0.3) is 0 Å². The average Bonchev–Trinajstić information content (AvgIpc) is 2.76. The number of hydrogen-bond acceptors (Lipinski definition) is 5. The van der Waals surface area contributed by atoms with Gasteiger partial charge in [-0.3, -0.25) is 0 Å². The van der Waals surface area contributed by atoms with Crippen LogP contribution < -0.4 is 11.1 Å². The van der Waals surface area contributed by atoms with Crippen LogP contribution in [-0.4, -0.2) is 23.2 Å². The van der Waals surface area contributed by atoms with Gasteiger partial charge in [0.1, 0.15) is 10.8 Å². The maximum Gasteiger partial charge on any atom is 0.408 e. The van der Waals surface area contributed by atoms with Crippen LogP contribution >= 0.6 is 22.9 Å². The Morgan fingerprint density at radius 2 is 2.24 bits per heavy atom. The van der Waals surface area contributed by atoms with E-state index in [-0.39, 0.29) is 12.6 Å². The second-order valence-electron chi connectivity index (χ2n) is 5.60. The highest BCUT2D eigenvalue weighted by Gasteiger charge is 2.21. The molecule has 2 aromatic heterocycles. The van der Waals surface area contributed by atoms with Gasteiger partial charge in [-0.15, -0.1) is 11.3 Å². The fourth-order valence-electron chi connectivity index (χ4n) is 1.79. The predicted octanol–water partition coefficient (Wildman–Crippen LogP) is 3.47. The first-order valence-electron chi connectivity index (χ1n) is 6.54. The van der Waals surface area contributed by atoms with Crippen molar-refractivity contribution in [3.8, 4) is 0 Å². The van der Waals surface area contributed by atoms with Crippen LogP contribution in [0.15, 0.2) is 18.2 Å². The summed E-state index contributed by atoms with van der Waals surface area (Å²) in [5.74, 6) is 0. The summed E-state index contributed by atoms with van der Waals surface area (Å²) < 4.78 is 6.25. The van der Waals surface area contributed by atoms with E-state index in [9.17, 15) is 4.79 Å². The van der Waals surface area contributed by atoms with Gasteiger partial charge in [0.05, 0.1) is 16.3 Å². The van der Waals surface area contributed by atoms with Gasteiger partial charge in [0, 0.05) is 11.4 Å². The van der Waals surface area contributed by atoms with E-state index >= 15 is 0 Å². The van der Waals surface area contributed by atoms with Gasteiger partial charge >= 0.3 is 6.09 Å². The molecule has 21 heavy (non-hydrogen) atoms. The Morgan fingerprint density at radius 3 is 2.86 bits per heavy atom. The van der Waals surface area contributed by atoms with Crippen LogP contribution in [0.3, 0.4) is 0 Å². The molecule has 7 heteroatoms. The summed E-state index contributed by atoms with van der Waals surface area (Å²) in [6.07, 6.45) is -0.485. The fraction of sp³-hybridized carbons (Fsp3) is 0.429. The summed E-state index contributed by atoms with van der Waals surface area (Å²) >= 11 is 7.40. The topological polar surface area (TPSA) is 77.2 Å². The van der Waals surface area contributed by atoms with Crippen molar-refractivity contribution in [1.82, 2.24) is 10.3 Å². The molecule has 5 nitrogen and oxygen atoms in total. The lowest BCUT2D eigenvalue weighted by atomic mass is 10.2.